The standard InChI is InChI=1S/C4H9F3N2O3S/c1-9(12-2)13(10,11)8-3-4(5,6)7/h8H,3H2,1-2H3. The van der Waals surface area contributed by atoms with Crippen LogP contribution in [0, 0.1) is 0 Å². The fourth-order valence-electron chi connectivity index (χ4n) is 0.362. The van der Waals surface area contributed by atoms with Gasteiger partial charge in [-0.2, -0.15) is 26.3 Å². The molecule has 0 heterocycles. The Hall–Kier alpha value is -0.380. The van der Waals surface area contributed by atoms with E-state index < -0.39 is 22.9 Å². The maximum absolute atomic E-state index is 11.6. The molecule has 1 N–H and O–H groups in total. The molecule has 0 saturated heterocycles. The van der Waals surface area contributed by atoms with Gasteiger partial charge >= 0.3 is 16.4 Å². The SMILES string of the molecule is CON(C)S(=O)(=O)NCC(F)(F)F. The van der Waals surface area contributed by atoms with Gasteiger partial charge in [0.15, 0.2) is 0 Å². The maximum Gasteiger partial charge on any atom is 0.402 e. The third-order valence-corrected chi connectivity index (χ3v) is 2.39. The second kappa shape index (κ2) is 4.22. The fraction of sp³-hybridized carbons (Fsp3) is 1.00. The summed E-state index contributed by atoms with van der Waals surface area (Å²) in [6.45, 7) is -1.62. The Morgan fingerprint density at radius 2 is 1.92 bits per heavy atom. The molecule has 0 unspecified atom stereocenters. The summed E-state index contributed by atoms with van der Waals surface area (Å²) in [7, 11) is -2.21. The molecule has 5 nitrogen and oxygen atoms in total. The zero-order valence-corrected chi connectivity index (χ0v) is 7.74. The monoisotopic (exact) mass is 222 g/mol. The van der Waals surface area contributed by atoms with Gasteiger partial charge in [-0.25, -0.2) is 0 Å². The molecular weight excluding hydrogens is 213 g/mol. The summed E-state index contributed by atoms with van der Waals surface area (Å²) >= 11 is 0. The number of nitrogens with one attached hydrogen (secondary N) is 1. The van der Waals surface area contributed by atoms with Crippen molar-refractivity contribution in [2.24, 2.45) is 0 Å². The van der Waals surface area contributed by atoms with Crippen LogP contribution in [0.2, 0.25) is 0 Å². The van der Waals surface area contributed by atoms with Gasteiger partial charge < -0.3 is 0 Å². The number of hydroxylamine groups is 1. The molecule has 0 aliphatic rings. The Morgan fingerprint density at radius 1 is 1.46 bits per heavy atom. The zero-order valence-electron chi connectivity index (χ0n) is 6.92. The van der Waals surface area contributed by atoms with Gasteiger partial charge in [0, 0.05) is 7.05 Å². The molecule has 0 spiro atoms. The van der Waals surface area contributed by atoms with Gasteiger partial charge in [-0.05, 0) is 0 Å². The second-order valence-corrected chi connectivity index (χ2v) is 3.79. The summed E-state index contributed by atoms with van der Waals surface area (Å²) in [5, 5.41) is 0. The Bertz CT molecular complexity index is 250. The molecule has 0 rings (SSSR count). The van der Waals surface area contributed by atoms with E-state index in [4.69, 9.17) is 0 Å². The van der Waals surface area contributed by atoms with Crippen LogP contribution in [-0.2, 0) is 15.0 Å². The molecule has 80 valence electrons. The highest BCUT2D eigenvalue weighted by Crippen LogP contribution is 2.13. The smallest absolute Gasteiger partial charge is 0.287 e. The third kappa shape index (κ3) is 5.03. The van der Waals surface area contributed by atoms with E-state index in [1.165, 1.54) is 4.72 Å². The predicted octanol–water partition coefficient (Wildman–Crippen LogP) is -0.124. The minimum absolute atomic E-state index is 0.290. The molecule has 0 atom stereocenters. The first-order valence-corrected chi connectivity index (χ1v) is 4.47. The van der Waals surface area contributed by atoms with Crippen LogP contribution in [0.1, 0.15) is 0 Å². The molecule has 0 aromatic rings. The Morgan fingerprint density at radius 3 is 2.23 bits per heavy atom. The number of nitrogens with zero attached hydrogens (tertiary/aromatic N) is 1. The van der Waals surface area contributed by atoms with Crippen LogP contribution >= 0.6 is 0 Å². The Labute approximate surface area is 73.6 Å². The van der Waals surface area contributed by atoms with Crippen molar-refractivity contribution in [3.8, 4) is 0 Å². The molecule has 9 heteroatoms. The van der Waals surface area contributed by atoms with Crippen LogP contribution in [0.4, 0.5) is 13.2 Å². The van der Waals surface area contributed by atoms with Crippen molar-refractivity contribution in [3.05, 3.63) is 0 Å². The van der Waals surface area contributed by atoms with Gasteiger partial charge in [-0.3, -0.25) is 4.84 Å². The molecule has 13 heavy (non-hydrogen) atoms. The highest BCUT2D eigenvalue weighted by atomic mass is 32.2. The van der Waals surface area contributed by atoms with Gasteiger partial charge in [-0.1, -0.05) is 4.47 Å². The summed E-state index contributed by atoms with van der Waals surface area (Å²) in [5.41, 5.74) is 0. The molecule has 0 amide bonds. The van der Waals surface area contributed by atoms with E-state index in [0.717, 1.165) is 14.2 Å². The molecule has 0 bridgehead atoms. The number of halogens is 3. The largest absolute Gasteiger partial charge is 0.402 e. The van der Waals surface area contributed by atoms with Crippen molar-refractivity contribution in [1.82, 2.24) is 9.19 Å². The van der Waals surface area contributed by atoms with Crippen LogP contribution in [0.5, 0.6) is 0 Å². The minimum atomic E-state index is -4.58. The summed E-state index contributed by atoms with van der Waals surface area (Å²) in [6.07, 6.45) is -4.58. The molecule has 0 aromatic carbocycles. The third-order valence-electron chi connectivity index (χ3n) is 1.05. The molecule has 0 aliphatic carbocycles. The van der Waals surface area contributed by atoms with Gasteiger partial charge in [0.25, 0.3) is 0 Å². The van der Waals surface area contributed by atoms with E-state index >= 15 is 0 Å². The van der Waals surface area contributed by atoms with Crippen molar-refractivity contribution < 1.29 is 26.4 Å². The highest BCUT2D eigenvalue weighted by molar-refractivity contribution is 7.86. The topological polar surface area (TPSA) is 58.6 Å². The molecule has 0 radical (unpaired) electrons. The lowest BCUT2D eigenvalue weighted by Crippen LogP contribution is -2.41. The highest BCUT2D eigenvalue weighted by Gasteiger charge is 2.30. The zero-order chi connectivity index (χ0) is 10.7. The van der Waals surface area contributed by atoms with E-state index in [-0.39, 0.29) is 0 Å². The fourth-order valence-corrected chi connectivity index (χ4v) is 1.09. The number of alkyl halides is 3. The van der Waals surface area contributed by atoms with Crippen LogP contribution in [-0.4, -0.2) is 39.8 Å². The van der Waals surface area contributed by atoms with Crippen molar-refractivity contribution in [2.45, 2.75) is 6.18 Å². The van der Waals surface area contributed by atoms with Crippen LogP contribution in [0.15, 0.2) is 0 Å². The van der Waals surface area contributed by atoms with Crippen LogP contribution < -0.4 is 4.72 Å². The van der Waals surface area contributed by atoms with Gasteiger partial charge in [-0.15, -0.1) is 0 Å². The first kappa shape index (κ1) is 12.6. The van der Waals surface area contributed by atoms with Crippen molar-refractivity contribution in [2.75, 3.05) is 20.7 Å². The number of hydrogen-bond acceptors (Lipinski definition) is 3. The van der Waals surface area contributed by atoms with Crippen molar-refractivity contribution in [1.29, 1.82) is 0 Å². The van der Waals surface area contributed by atoms with Crippen LogP contribution in [0.25, 0.3) is 0 Å². The molecule has 0 aliphatic heterocycles. The summed E-state index contributed by atoms with van der Waals surface area (Å²) in [4.78, 5) is 4.20. The average Bonchev–Trinajstić information content (AvgIpc) is 1.98. The quantitative estimate of drug-likeness (QED) is 0.674. The normalized spacial score (nSPS) is 13.7. The Kier molecular flexibility index (Phi) is 4.10. The van der Waals surface area contributed by atoms with E-state index in [1.807, 2.05) is 0 Å². The summed E-state index contributed by atoms with van der Waals surface area (Å²) in [5.74, 6) is 0. The first-order chi connectivity index (χ1) is 5.69. The lowest BCUT2D eigenvalue weighted by atomic mass is 10.7. The molecule has 0 saturated carbocycles. The van der Waals surface area contributed by atoms with Gasteiger partial charge in [0.05, 0.1) is 7.11 Å². The van der Waals surface area contributed by atoms with E-state index in [9.17, 15) is 21.6 Å². The molecule has 0 aromatic heterocycles. The molecular formula is C4H9F3N2O3S. The van der Waals surface area contributed by atoms with Crippen molar-refractivity contribution in [3.63, 3.8) is 0 Å². The summed E-state index contributed by atoms with van der Waals surface area (Å²) < 4.78 is 57.9. The number of rotatable bonds is 4. The van der Waals surface area contributed by atoms with E-state index in [0.29, 0.717) is 4.47 Å². The van der Waals surface area contributed by atoms with Crippen LogP contribution in [0.3, 0.4) is 0 Å². The summed E-state index contributed by atoms with van der Waals surface area (Å²) in [6, 6.07) is 0. The minimum Gasteiger partial charge on any atom is -0.287 e. The predicted molar refractivity (Wildman–Crippen MR) is 37.7 cm³/mol. The first-order valence-electron chi connectivity index (χ1n) is 3.03. The van der Waals surface area contributed by atoms with E-state index in [2.05, 4.69) is 4.84 Å². The number of hydrogen-bond donors (Lipinski definition) is 1. The maximum atomic E-state index is 11.6. The molecule has 0 fully saturated rings. The van der Waals surface area contributed by atoms with Gasteiger partial charge in [0.1, 0.15) is 6.54 Å². The van der Waals surface area contributed by atoms with Crippen molar-refractivity contribution >= 4 is 10.2 Å². The van der Waals surface area contributed by atoms with E-state index in [1.54, 1.807) is 0 Å². The Balaban J connectivity index is 4.21. The second-order valence-electron chi connectivity index (χ2n) is 2.03. The lowest BCUT2D eigenvalue weighted by molar-refractivity contribution is -0.122. The lowest BCUT2D eigenvalue weighted by Gasteiger charge is -2.15. The van der Waals surface area contributed by atoms with Gasteiger partial charge in [0.2, 0.25) is 0 Å². The average molecular weight is 222 g/mol.